The summed E-state index contributed by atoms with van der Waals surface area (Å²) in [6, 6.07) is 25.2. The molecule has 3 aromatic carbocycles. The molecule has 0 fully saturated rings. The molecule has 0 radical (unpaired) electrons. The lowest BCUT2D eigenvalue weighted by molar-refractivity contribution is 0.406. The van der Waals surface area contributed by atoms with Crippen molar-refractivity contribution in [1.29, 1.82) is 0 Å². The van der Waals surface area contributed by atoms with Crippen LogP contribution in [0.5, 0.6) is 5.75 Å². The average Bonchev–Trinajstić information content (AvgIpc) is 3.24. The Labute approximate surface area is 194 Å². The van der Waals surface area contributed by atoms with Gasteiger partial charge in [-0.15, -0.1) is 0 Å². The zero-order valence-electron chi connectivity index (χ0n) is 17.1. The van der Waals surface area contributed by atoms with Gasteiger partial charge in [-0.2, -0.15) is 4.99 Å². The fraction of sp³-hybridized carbons (Fsp3) is 0.0400. The van der Waals surface area contributed by atoms with E-state index in [4.69, 9.17) is 33.0 Å². The SMILES string of the molecule is COc1cccc2cc(-c3cc4ccccc4[nH]3)/c(=N/C(=S)Nc3ccc(Cl)cc3)oc12. The number of thiocarbonyl (C=S) groups is 1. The summed E-state index contributed by atoms with van der Waals surface area (Å²) < 4.78 is 11.7. The molecule has 2 aromatic heterocycles. The van der Waals surface area contributed by atoms with Gasteiger partial charge in [-0.05, 0) is 60.7 Å². The first kappa shape index (κ1) is 20.3. The highest BCUT2D eigenvalue weighted by Gasteiger charge is 2.13. The second kappa shape index (κ2) is 8.49. The van der Waals surface area contributed by atoms with Gasteiger partial charge in [0.1, 0.15) is 0 Å². The third kappa shape index (κ3) is 3.98. The van der Waals surface area contributed by atoms with E-state index in [0.717, 1.165) is 33.2 Å². The van der Waals surface area contributed by atoms with E-state index in [0.29, 0.717) is 21.9 Å². The van der Waals surface area contributed by atoms with Crippen LogP contribution >= 0.6 is 23.8 Å². The van der Waals surface area contributed by atoms with E-state index in [1.807, 2.05) is 54.6 Å². The minimum absolute atomic E-state index is 0.266. The van der Waals surface area contributed by atoms with Gasteiger partial charge in [0.25, 0.3) is 0 Å². The maximum atomic E-state index is 6.23. The Hall–Kier alpha value is -3.61. The van der Waals surface area contributed by atoms with Crippen LogP contribution in [0.25, 0.3) is 33.1 Å². The molecule has 0 atom stereocenters. The number of para-hydroxylation sites is 2. The van der Waals surface area contributed by atoms with Crippen LogP contribution in [0.4, 0.5) is 5.69 Å². The number of hydrogen-bond donors (Lipinski definition) is 2. The predicted octanol–water partition coefficient (Wildman–Crippen LogP) is 6.54. The zero-order valence-corrected chi connectivity index (χ0v) is 18.6. The molecule has 0 unspecified atom stereocenters. The summed E-state index contributed by atoms with van der Waals surface area (Å²) in [6.45, 7) is 0. The Bertz CT molecular complexity index is 1490. The Morgan fingerprint density at radius 2 is 1.78 bits per heavy atom. The number of ether oxygens (including phenoxy) is 1. The molecule has 0 saturated carbocycles. The molecule has 2 N–H and O–H groups in total. The van der Waals surface area contributed by atoms with Crippen LogP contribution in [0.2, 0.25) is 5.02 Å². The lowest BCUT2D eigenvalue weighted by Crippen LogP contribution is -2.14. The van der Waals surface area contributed by atoms with Gasteiger partial charge in [-0.3, -0.25) is 0 Å². The molecule has 0 aliphatic heterocycles. The van der Waals surface area contributed by atoms with Crippen molar-refractivity contribution in [3.8, 4) is 17.0 Å². The highest BCUT2D eigenvalue weighted by molar-refractivity contribution is 7.80. The first-order chi connectivity index (χ1) is 15.6. The van der Waals surface area contributed by atoms with Crippen molar-refractivity contribution in [2.45, 2.75) is 0 Å². The van der Waals surface area contributed by atoms with Crippen LogP contribution in [0, 0.1) is 0 Å². The number of methoxy groups -OCH3 is 1. The topological polar surface area (TPSA) is 62.5 Å². The molecule has 32 heavy (non-hydrogen) atoms. The summed E-state index contributed by atoms with van der Waals surface area (Å²) in [7, 11) is 1.61. The van der Waals surface area contributed by atoms with Crippen molar-refractivity contribution in [1.82, 2.24) is 4.98 Å². The number of nitrogens with one attached hydrogen (secondary N) is 2. The average molecular weight is 460 g/mol. The van der Waals surface area contributed by atoms with Gasteiger partial charge < -0.3 is 19.5 Å². The Morgan fingerprint density at radius 3 is 2.56 bits per heavy atom. The molecule has 7 heteroatoms. The number of aromatic nitrogens is 1. The summed E-state index contributed by atoms with van der Waals surface area (Å²) in [6.07, 6.45) is 0. The number of rotatable bonds is 3. The number of nitrogens with zero attached hydrogens (tertiary/aromatic N) is 1. The number of halogens is 1. The van der Waals surface area contributed by atoms with E-state index in [9.17, 15) is 0 Å². The minimum Gasteiger partial charge on any atom is -0.493 e. The van der Waals surface area contributed by atoms with Gasteiger partial charge in [-0.25, -0.2) is 0 Å². The van der Waals surface area contributed by atoms with Crippen molar-refractivity contribution < 1.29 is 9.15 Å². The first-order valence-electron chi connectivity index (χ1n) is 9.91. The quantitative estimate of drug-likeness (QED) is 0.301. The molecule has 0 saturated heterocycles. The van der Waals surface area contributed by atoms with Crippen LogP contribution in [0.1, 0.15) is 0 Å². The molecule has 0 amide bonds. The monoisotopic (exact) mass is 459 g/mol. The number of anilines is 1. The van der Waals surface area contributed by atoms with E-state index in [1.165, 1.54) is 0 Å². The van der Waals surface area contributed by atoms with Crippen molar-refractivity contribution >= 4 is 56.5 Å². The van der Waals surface area contributed by atoms with Crippen molar-refractivity contribution in [3.63, 3.8) is 0 Å². The van der Waals surface area contributed by atoms with E-state index in [1.54, 1.807) is 19.2 Å². The van der Waals surface area contributed by atoms with Crippen molar-refractivity contribution in [3.05, 3.63) is 89.4 Å². The maximum absolute atomic E-state index is 6.23. The van der Waals surface area contributed by atoms with Gasteiger partial charge in [0.05, 0.1) is 18.4 Å². The van der Waals surface area contributed by atoms with E-state index in [2.05, 4.69) is 27.4 Å². The molecule has 0 spiro atoms. The Kier molecular flexibility index (Phi) is 5.39. The molecule has 2 heterocycles. The predicted molar refractivity (Wildman–Crippen MR) is 133 cm³/mol. The van der Waals surface area contributed by atoms with Gasteiger partial charge >= 0.3 is 0 Å². The van der Waals surface area contributed by atoms with Crippen LogP contribution in [-0.4, -0.2) is 17.2 Å². The summed E-state index contributed by atoms with van der Waals surface area (Å²) in [5.74, 6) is 0.624. The third-order valence-electron chi connectivity index (χ3n) is 5.08. The zero-order chi connectivity index (χ0) is 22.1. The molecule has 0 aliphatic rings. The number of H-pyrrole nitrogens is 1. The van der Waals surface area contributed by atoms with Crippen LogP contribution < -0.4 is 15.6 Å². The van der Waals surface area contributed by atoms with E-state index < -0.39 is 0 Å². The normalized spacial score (nSPS) is 11.8. The fourth-order valence-electron chi connectivity index (χ4n) is 3.56. The van der Waals surface area contributed by atoms with Gasteiger partial charge in [0.15, 0.2) is 11.3 Å². The standard InChI is InChI=1S/C25H18ClN3O2S/c1-30-22-8-4-6-16-13-19(21-14-15-5-2-3-7-20(15)28-21)24(31-23(16)22)29-25(32)27-18-11-9-17(26)10-12-18/h2-14,28H,1H3,(H,27,32)/b29-24-. The summed E-state index contributed by atoms with van der Waals surface area (Å²) in [5, 5.41) is 6.01. The second-order valence-electron chi connectivity index (χ2n) is 7.16. The minimum atomic E-state index is 0.266. The van der Waals surface area contributed by atoms with Gasteiger partial charge in [-0.1, -0.05) is 41.9 Å². The molecule has 5 aromatic rings. The molecular formula is C25H18ClN3O2S. The van der Waals surface area contributed by atoms with Crippen LogP contribution in [0.3, 0.4) is 0 Å². The summed E-state index contributed by atoms with van der Waals surface area (Å²) in [5.41, 5.74) is 4.47. The number of fused-ring (bicyclic) bond motifs is 2. The molecule has 158 valence electrons. The van der Waals surface area contributed by atoms with Gasteiger partial charge in [0, 0.05) is 27.0 Å². The highest BCUT2D eigenvalue weighted by Crippen LogP contribution is 2.29. The Morgan fingerprint density at radius 1 is 1.00 bits per heavy atom. The fourth-order valence-corrected chi connectivity index (χ4v) is 3.88. The van der Waals surface area contributed by atoms with Crippen molar-refractivity contribution in [2.75, 3.05) is 12.4 Å². The molecule has 0 bridgehead atoms. The van der Waals surface area contributed by atoms with E-state index >= 15 is 0 Å². The lowest BCUT2D eigenvalue weighted by Gasteiger charge is -2.08. The number of benzene rings is 3. The third-order valence-corrected chi connectivity index (χ3v) is 5.52. The van der Waals surface area contributed by atoms with Crippen LogP contribution in [-0.2, 0) is 0 Å². The molecule has 5 nitrogen and oxygen atoms in total. The number of aromatic amines is 1. The second-order valence-corrected chi connectivity index (χ2v) is 7.99. The summed E-state index contributed by atoms with van der Waals surface area (Å²) >= 11 is 11.5. The molecule has 0 aliphatic carbocycles. The van der Waals surface area contributed by atoms with E-state index in [-0.39, 0.29) is 5.11 Å². The Balaban J connectivity index is 1.67. The maximum Gasteiger partial charge on any atom is 0.231 e. The highest BCUT2D eigenvalue weighted by atomic mass is 35.5. The number of hydrogen-bond acceptors (Lipinski definition) is 3. The molecule has 5 rings (SSSR count). The first-order valence-corrected chi connectivity index (χ1v) is 10.7. The summed E-state index contributed by atoms with van der Waals surface area (Å²) in [4.78, 5) is 8.04. The largest absolute Gasteiger partial charge is 0.493 e. The van der Waals surface area contributed by atoms with Crippen LogP contribution in [0.15, 0.2) is 88.3 Å². The molecular weight excluding hydrogens is 442 g/mol. The van der Waals surface area contributed by atoms with Gasteiger partial charge in [0.2, 0.25) is 10.7 Å². The lowest BCUT2D eigenvalue weighted by atomic mass is 10.1. The van der Waals surface area contributed by atoms with Crippen molar-refractivity contribution in [2.24, 2.45) is 4.99 Å². The smallest absolute Gasteiger partial charge is 0.231 e.